The summed E-state index contributed by atoms with van der Waals surface area (Å²) >= 11 is 0. The van der Waals surface area contributed by atoms with Crippen molar-refractivity contribution in [2.24, 2.45) is 5.41 Å². The van der Waals surface area contributed by atoms with E-state index in [1.54, 1.807) is 0 Å². The van der Waals surface area contributed by atoms with Crippen LogP contribution in [0.15, 0.2) is 11.8 Å². The maximum absolute atomic E-state index is 10.2. The van der Waals surface area contributed by atoms with Crippen LogP contribution in [0.25, 0.3) is 0 Å². The first-order valence-corrected chi connectivity index (χ1v) is 4.41. The van der Waals surface area contributed by atoms with E-state index in [4.69, 9.17) is 4.74 Å². The molecule has 0 amide bonds. The summed E-state index contributed by atoms with van der Waals surface area (Å²) < 4.78 is 5.36. The molecule has 2 nitrogen and oxygen atoms in total. The van der Waals surface area contributed by atoms with E-state index < -0.39 is 5.60 Å². The van der Waals surface area contributed by atoms with Gasteiger partial charge in [0.2, 0.25) is 0 Å². The van der Waals surface area contributed by atoms with Crippen molar-refractivity contribution >= 4 is 0 Å². The minimum absolute atomic E-state index is 0.177. The quantitative estimate of drug-likeness (QED) is 0.653. The Balaban J connectivity index is 2.84. The lowest BCUT2D eigenvalue weighted by atomic mass is 9.76. The second-order valence-electron chi connectivity index (χ2n) is 4.53. The van der Waals surface area contributed by atoms with Crippen LogP contribution in [0.4, 0.5) is 0 Å². The fraction of sp³-hybridized carbons (Fsp3) is 0.800. The SMILES string of the molecule is CC(C)(C)C(C)(O)C1=CCCO1. The van der Waals surface area contributed by atoms with Crippen LogP contribution >= 0.6 is 0 Å². The predicted octanol–water partition coefficient (Wildman–Crippen LogP) is 2.09. The molecule has 1 N–H and O–H groups in total. The second kappa shape index (κ2) is 2.77. The average molecular weight is 170 g/mol. The van der Waals surface area contributed by atoms with E-state index in [1.807, 2.05) is 33.8 Å². The molecule has 0 aliphatic carbocycles. The summed E-state index contributed by atoms with van der Waals surface area (Å²) in [6.45, 7) is 8.55. The maximum Gasteiger partial charge on any atom is 0.124 e. The van der Waals surface area contributed by atoms with E-state index in [0.29, 0.717) is 6.61 Å². The molecule has 1 aliphatic rings. The van der Waals surface area contributed by atoms with Crippen molar-refractivity contribution in [3.05, 3.63) is 11.8 Å². The standard InChI is InChI=1S/C10H18O2/c1-9(2,3)10(4,11)8-6-5-7-12-8/h6,11H,5,7H2,1-4H3. The maximum atomic E-state index is 10.2. The van der Waals surface area contributed by atoms with Gasteiger partial charge in [-0.2, -0.15) is 0 Å². The Morgan fingerprint density at radius 2 is 1.92 bits per heavy atom. The molecule has 0 aromatic heterocycles. The number of aliphatic hydroxyl groups is 1. The molecule has 1 atom stereocenters. The Labute approximate surface area is 74.2 Å². The van der Waals surface area contributed by atoms with Gasteiger partial charge in [0.25, 0.3) is 0 Å². The van der Waals surface area contributed by atoms with Gasteiger partial charge in [0.15, 0.2) is 0 Å². The fourth-order valence-electron chi connectivity index (χ4n) is 1.13. The zero-order valence-corrected chi connectivity index (χ0v) is 8.35. The summed E-state index contributed by atoms with van der Waals surface area (Å²) in [5, 5.41) is 10.2. The lowest BCUT2D eigenvalue weighted by molar-refractivity contribution is -0.0480. The molecule has 12 heavy (non-hydrogen) atoms. The molecule has 1 heterocycles. The van der Waals surface area contributed by atoms with Gasteiger partial charge in [-0.15, -0.1) is 0 Å². The highest BCUT2D eigenvalue weighted by molar-refractivity contribution is 5.15. The third-order valence-corrected chi connectivity index (χ3v) is 2.65. The number of rotatable bonds is 1. The number of ether oxygens (including phenoxy) is 1. The molecule has 1 rings (SSSR count). The monoisotopic (exact) mass is 170 g/mol. The van der Waals surface area contributed by atoms with Crippen molar-refractivity contribution in [2.45, 2.75) is 39.7 Å². The van der Waals surface area contributed by atoms with Crippen LogP contribution in [-0.2, 0) is 4.74 Å². The molecular weight excluding hydrogens is 152 g/mol. The van der Waals surface area contributed by atoms with E-state index in [0.717, 1.165) is 12.2 Å². The first-order valence-electron chi connectivity index (χ1n) is 4.41. The van der Waals surface area contributed by atoms with Crippen molar-refractivity contribution in [3.8, 4) is 0 Å². The van der Waals surface area contributed by atoms with Gasteiger partial charge in [-0.3, -0.25) is 0 Å². The van der Waals surface area contributed by atoms with Gasteiger partial charge in [-0.25, -0.2) is 0 Å². The predicted molar refractivity (Wildman–Crippen MR) is 48.7 cm³/mol. The summed E-state index contributed by atoms with van der Waals surface area (Å²) in [5.41, 5.74) is -1.02. The third-order valence-electron chi connectivity index (χ3n) is 2.65. The van der Waals surface area contributed by atoms with Crippen LogP contribution in [0.1, 0.15) is 34.1 Å². The molecule has 0 saturated carbocycles. The highest BCUT2D eigenvalue weighted by atomic mass is 16.5. The van der Waals surface area contributed by atoms with Crippen LogP contribution in [0, 0.1) is 5.41 Å². The zero-order chi connectivity index (χ0) is 9.41. The van der Waals surface area contributed by atoms with Crippen molar-refractivity contribution in [1.29, 1.82) is 0 Å². The highest BCUT2D eigenvalue weighted by Gasteiger charge is 2.41. The Kier molecular flexibility index (Phi) is 2.21. The van der Waals surface area contributed by atoms with Gasteiger partial charge in [-0.1, -0.05) is 20.8 Å². The van der Waals surface area contributed by atoms with E-state index in [2.05, 4.69) is 0 Å². The van der Waals surface area contributed by atoms with Crippen LogP contribution < -0.4 is 0 Å². The molecule has 0 fully saturated rings. The first kappa shape index (κ1) is 9.59. The van der Waals surface area contributed by atoms with Crippen LogP contribution in [0.2, 0.25) is 0 Å². The fourth-order valence-corrected chi connectivity index (χ4v) is 1.13. The minimum Gasteiger partial charge on any atom is -0.495 e. The van der Waals surface area contributed by atoms with E-state index in [1.165, 1.54) is 0 Å². The number of hydrogen-bond donors (Lipinski definition) is 1. The summed E-state index contributed by atoms with van der Waals surface area (Å²) in [7, 11) is 0. The Morgan fingerprint density at radius 1 is 1.33 bits per heavy atom. The van der Waals surface area contributed by atoms with Crippen molar-refractivity contribution in [2.75, 3.05) is 6.61 Å². The summed E-state index contributed by atoms with van der Waals surface area (Å²) in [6.07, 6.45) is 2.90. The molecular formula is C10H18O2. The lowest BCUT2D eigenvalue weighted by Gasteiger charge is -2.37. The molecule has 0 aromatic carbocycles. The van der Waals surface area contributed by atoms with Gasteiger partial charge >= 0.3 is 0 Å². The normalized spacial score (nSPS) is 22.9. The largest absolute Gasteiger partial charge is 0.495 e. The molecule has 1 aliphatic heterocycles. The summed E-state index contributed by atoms with van der Waals surface area (Å²) in [4.78, 5) is 0. The minimum atomic E-state index is -0.844. The van der Waals surface area contributed by atoms with E-state index in [9.17, 15) is 5.11 Å². The van der Waals surface area contributed by atoms with Crippen LogP contribution in [0.5, 0.6) is 0 Å². The first-order chi connectivity index (χ1) is 5.36. The summed E-state index contributed by atoms with van der Waals surface area (Å²) in [6, 6.07) is 0. The lowest BCUT2D eigenvalue weighted by Crippen LogP contribution is -2.41. The molecule has 0 spiro atoms. The average Bonchev–Trinajstić information content (AvgIpc) is 2.34. The molecule has 0 radical (unpaired) electrons. The van der Waals surface area contributed by atoms with Crippen LogP contribution in [-0.4, -0.2) is 17.3 Å². The van der Waals surface area contributed by atoms with Gasteiger partial charge in [0.05, 0.1) is 6.61 Å². The molecule has 1 unspecified atom stereocenters. The number of hydrogen-bond acceptors (Lipinski definition) is 2. The van der Waals surface area contributed by atoms with E-state index >= 15 is 0 Å². The molecule has 0 bridgehead atoms. The van der Waals surface area contributed by atoms with Gasteiger partial charge in [0, 0.05) is 6.42 Å². The smallest absolute Gasteiger partial charge is 0.124 e. The second-order valence-corrected chi connectivity index (χ2v) is 4.53. The zero-order valence-electron chi connectivity index (χ0n) is 8.35. The topological polar surface area (TPSA) is 29.5 Å². The molecule has 0 aromatic rings. The van der Waals surface area contributed by atoms with Gasteiger partial charge in [-0.05, 0) is 18.4 Å². The Hall–Kier alpha value is -0.500. The van der Waals surface area contributed by atoms with Crippen molar-refractivity contribution in [1.82, 2.24) is 0 Å². The Bertz CT molecular complexity index is 196. The molecule has 0 saturated heterocycles. The van der Waals surface area contributed by atoms with Gasteiger partial charge in [0.1, 0.15) is 11.4 Å². The summed E-state index contributed by atoms with van der Waals surface area (Å²) in [5.74, 6) is 0.731. The van der Waals surface area contributed by atoms with Crippen molar-refractivity contribution in [3.63, 3.8) is 0 Å². The molecule has 2 heteroatoms. The van der Waals surface area contributed by atoms with Gasteiger partial charge < -0.3 is 9.84 Å². The van der Waals surface area contributed by atoms with Crippen LogP contribution in [0.3, 0.4) is 0 Å². The molecule has 70 valence electrons. The highest BCUT2D eigenvalue weighted by Crippen LogP contribution is 2.38. The third kappa shape index (κ3) is 1.48. The Morgan fingerprint density at radius 3 is 2.25 bits per heavy atom. The van der Waals surface area contributed by atoms with Crippen molar-refractivity contribution < 1.29 is 9.84 Å². The van der Waals surface area contributed by atoms with E-state index in [-0.39, 0.29) is 5.41 Å².